The second kappa shape index (κ2) is 4.75. The third-order valence-corrected chi connectivity index (χ3v) is 3.88. The molecule has 0 radical (unpaired) electrons. The zero-order chi connectivity index (χ0) is 11.5. The first-order chi connectivity index (χ1) is 6.97. The normalized spacial score (nSPS) is 18.1. The molecule has 1 aliphatic rings. The zero-order valence-electron chi connectivity index (χ0n) is 8.73. The summed E-state index contributed by atoms with van der Waals surface area (Å²) in [4.78, 5) is 0. The minimum Gasteiger partial charge on any atom is -0.394 e. The lowest BCUT2D eigenvalue weighted by molar-refractivity contribution is 0.105. The highest BCUT2D eigenvalue weighted by molar-refractivity contribution is 7.87. The summed E-state index contributed by atoms with van der Waals surface area (Å²) in [5.41, 5.74) is -1.17. The Hall–Kier alpha value is -0.210. The van der Waals surface area contributed by atoms with E-state index in [1.54, 1.807) is 6.92 Å². The van der Waals surface area contributed by atoms with Crippen LogP contribution in [0.3, 0.4) is 0 Å². The Labute approximate surface area is 89.9 Å². The third-order valence-electron chi connectivity index (χ3n) is 2.53. The van der Waals surface area contributed by atoms with Crippen LogP contribution in [-0.2, 0) is 10.2 Å². The quantitative estimate of drug-likeness (QED) is 0.443. The maximum atomic E-state index is 11.5. The molecule has 0 spiro atoms. The molecular formula is C8H18N2O4S. The number of aliphatic hydroxyl groups excluding tert-OH is 2. The summed E-state index contributed by atoms with van der Waals surface area (Å²) in [5.74, 6) is 0. The Morgan fingerprint density at radius 2 is 1.87 bits per heavy atom. The van der Waals surface area contributed by atoms with E-state index in [2.05, 4.69) is 9.44 Å². The van der Waals surface area contributed by atoms with Crippen LogP contribution in [-0.4, -0.2) is 43.4 Å². The maximum absolute atomic E-state index is 11.5. The summed E-state index contributed by atoms with van der Waals surface area (Å²) in [7, 11) is -3.63. The van der Waals surface area contributed by atoms with Gasteiger partial charge in [-0.25, -0.2) is 0 Å². The number of rotatable bonds is 7. The topological polar surface area (TPSA) is 98.7 Å². The van der Waals surface area contributed by atoms with Crippen LogP contribution in [0.15, 0.2) is 0 Å². The molecule has 15 heavy (non-hydrogen) atoms. The van der Waals surface area contributed by atoms with Crippen LogP contribution in [0.25, 0.3) is 0 Å². The molecule has 0 aromatic heterocycles. The van der Waals surface area contributed by atoms with E-state index in [-0.39, 0.29) is 6.04 Å². The van der Waals surface area contributed by atoms with Crippen LogP contribution < -0.4 is 9.44 Å². The van der Waals surface area contributed by atoms with E-state index in [9.17, 15) is 8.42 Å². The van der Waals surface area contributed by atoms with E-state index in [0.29, 0.717) is 6.42 Å². The Morgan fingerprint density at radius 3 is 2.20 bits per heavy atom. The van der Waals surface area contributed by atoms with Crippen molar-refractivity contribution in [1.29, 1.82) is 0 Å². The van der Waals surface area contributed by atoms with Gasteiger partial charge in [-0.05, 0) is 19.3 Å². The van der Waals surface area contributed by atoms with Crippen molar-refractivity contribution in [2.24, 2.45) is 0 Å². The molecule has 0 unspecified atom stereocenters. The van der Waals surface area contributed by atoms with Crippen molar-refractivity contribution >= 4 is 10.2 Å². The minimum absolute atomic E-state index is 0.00874. The van der Waals surface area contributed by atoms with Gasteiger partial charge in [0.2, 0.25) is 0 Å². The lowest BCUT2D eigenvalue weighted by atomic mass is 10.0. The molecule has 0 saturated heterocycles. The van der Waals surface area contributed by atoms with Gasteiger partial charge in [0.25, 0.3) is 10.2 Å². The smallest absolute Gasteiger partial charge is 0.277 e. The van der Waals surface area contributed by atoms with Gasteiger partial charge in [0.15, 0.2) is 0 Å². The SMILES string of the molecule is CCC(CO)(CO)NS(=O)(=O)NC1CC1. The maximum Gasteiger partial charge on any atom is 0.277 e. The van der Waals surface area contributed by atoms with Gasteiger partial charge in [0.1, 0.15) is 0 Å². The fourth-order valence-corrected chi connectivity index (χ4v) is 2.72. The van der Waals surface area contributed by atoms with Gasteiger partial charge in [-0.2, -0.15) is 17.9 Å². The number of nitrogens with one attached hydrogen (secondary N) is 2. The first kappa shape index (κ1) is 12.9. The Morgan fingerprint density at radius 1 is 1.33 bits per heavy atom. The molecule has 0 aromatic rings. The third kappa shape index (κ3) is 3.69. The van der Waals surface area contributed by atoms with E-state index in [4.69, 9.17) is 10.2 Å². The van der Waals surface area contributed by atoms with Crippen molar-refractivity contribution in [1.82, 2.24) is 9.44 Å². The Kier molecular flexibility index (Phi) is 4.07. The predicted octanol–water partition coefficient (Wildman–Crippen LogP) is -1.29. The van der Waals surface area contributed by atoms with Crippen LogP contribution in [0.4, 0.5) is 0 Å². The Balaban J connectivity index is 2.62. The summed E-state index contributed by atoms with van der Waals surface area (Å²) in [6.45, 7) is 0.850. The zero-order valence-corrected chi connectivity index (χ0v) is 9.55. The monoisotopic (exact) mass is 238 g/mol. The highest BCUT2D eigenvalue weighted by Crippen LogP contribution is 2.20. The number of hydrogen-bond acceptors (Lipinski definition) is 4. The van der Waals surface area contributed by atoms with Gasteiger partial charge >= 0.3 is 0 Å². The van der Waals surface area contributed by atoms with Crippen molar-refractivity contribution in [3.8, 4) is 0 Å². The fourth-order valence-electron chi connectivity index (χ4n) is 1.15. The van der Waals surface area contributed by atoms with Crippen molar-refractivity contribution in [3.63, 3.8) is 0 Å². The molecule has 90 valence electrons. The van der Waals surface area contributed by atoms with Crippen molar-refractivity contribution in [2.45, 2.75) is 37.8 Å². The second-order valence-electron chi connectivity index (χ2n) is 3.95. The average Bonchev–Trinajstić information content (AvgIpc) is 2.97. The molecule has 0 aromatic carbocycles. The Bertz CT molecular complexity index is 287. The molecule has 0 bridgehead atoms. The molecule has 1 fully saturated rings. The molecule has 0 atom stereocenters. The average molecular weight is 238 g/mol. The highest BCUT2D eigenvalue weighted by Gasteiger charge is 2.34. The first-order valence-electron chi connectivity index (χ1n) is 5.00. The highest BCUT2D eigenvalue weighted by atomic mass is 32.2. The van der Waals surface area contributed by atoms with Crippen LogP contribution in [0.2, 0.25) is 0 Å². The van der Waals surface area contributed by atoms with Gasteiger partial charge in [-0.15, -0.1) is 0 Å². The van der Waals surface area contributed by atoms with Crippen LogP contribution in [0, 0.1) is 0 Å². The molecule has 1 aliphatic carbocycles. The van der Waals surface area contributed by atoms with E-state index < -0.39 is 29.0 Å². The van der Waals surface area contributed by atoms with Gasteiger partial charge in [0, 0.05) is 6.04 Å². The lowest BCUT2D eigenvalue weighted by Crippen LogP contribution is -2.57. The van der Waals surface area contributed by atoms with Crippen LogP contribution >= 0.6 is 0 Å². The summed E-state index contributed by atoms with van der Waals surface area (Å²) >= 11 is 0. The molecule has 0 amide bonds. The van der Waals surface area contributed by atoms with Gasteiger partial charge in [-0.3, -0.25) is 0 Å². The molecule has 7 heteroatoms. The van der Waals surface area contributed by atoms with E-state index in [0.717, 1.165) is 12.8 Å². The van der Waals surface area contributed by atoms with Crippen LogP contribution in [0.1, 0.15) is 26.2 Å². The van der Waals surface area contributed by atoms with E-state index in [1.807, 2.05) is 0 Å². The molecule has 1 rings (SSSR count). The molecular weight excluding hydrogens is 220 g/mol. The minimum atomic E-state index is -3.63. The summed E-state index contributed by atoms with van der Waals surface area (Å²) in [6.07, 6.45) is 2.02. The molecule has 6 nitrogen and oxygen atoms in total. The van der Waals surface area contributed by atoms with E-state index in [1.165, 1.54) is 0 Å². The van der Waals surface area contributed by atoms with Gasteiger partial charge in [-0.1, -0.05) is 6.92 Å². The predicted molar refractivity (Wildman–Crippen MR) is 55.4 cm³/mol. The lowest BCUT2D eigenvalue weighted by Gasteiger charge is -2.29. The molecule has 0 heterocycles. The van der Waals surface area contributed by atoms with Crippen molar-refractivity contribution < 1.29 is 18.6 Å². The molecule has 4 N–H and O–H groups in total. The second-order valence-corrected chi connectivity index (χ2v) is 5.39. The van der Waals surface area contributed by atoms with Crippen molar-refractivity contribution in [2.75, 3.05) is 13.2 Å². The van der Waals surface area contributed by atoms with Crippen LogP contribution in [0.5, 0.6) is 0 Å². The van der Waals surface area contributed by atoms with Gasteiger partial charge < -0.3 is 10.2 Å². The largest absolute Gasteiger partial charge is 0.394 e. The van der Waals surface area contributed by atoms with Crippen molar-refractivity contribution in [3.05, 3.63) is 0 Å². The number of hydrogen-bond donors (Lipinski definition) is 4. The first-order valence-corrected chi connectivity index (χ1v) is 6.48. The number of aliphatic hydroxyl groups is 2. The standard InChI is InChI=1S/C8H18N2O4S/c1-2-8(5-11,6-12)10-15(13,14)9-7-3-4-7/h7,9-12H,2-6H2,1H3. The summed E-state index contributed by atoms with van der Waals surface area (Å²) in [6, 6.07) is 0.00874. The van der Waals surface area contributed by atoms with Gasteiger partial charge in [0.05, 0.1) is 18.8 Å². The molecule has 1 saturated carbocycles. The fraction of sp³-hybridized carbons (Fsp3) is 1.00. The molecule has 0 aliphatic heterocycles. The summed E-state index contributed by atoms with van der Waals surface area (Å²) in [5, 5.41) is 18.1. The van der Waals surface area contributed by atoms with E-state index >= 15 is 0 Å². The summed E-state index contributed by atoms with van der Waals surface area (Å²) < 4.78 is 27.8.